The summed E-state index contributed by atoms with van der Waals surface area (Å²) < 4.78 is 10.3. The molecule has 1 amide bonds. The molecule has 0 unspecified atom stereocenters. The number of methoxy groups -OCH3 is 1. The lowest BCUT2D eigenvalue weighted by molar-refractivity contribution is -0.120. The number of carbonyl (C=O) groups excluding carboxylic acids is 1. The minimum absolute atomic E-state index is 0.0664. The van der Waals surface area contributed by atoms with Gasteiger partial charge in [0.25, 0.3) is 0 Å². The Hall–Kier alpha value is -3.15. The molecule has 0 aliphatic carbocycles. The van der Waals surface area contributed by atoms with Crippen LogP contribution < -0.4 is 10.1 Å². The van der Waals surface area contributed by atoms with Crippen LogP contribution in [0.5, 0.6) is 5.75 Å². The standard InChI is InChI=1S/C20H21N3O3/c1-14-4-3-5-15(12-14)10-11-21-18(24)13-19-22-20(23-26-19)16-6-8-17(25-2)9-7-16/h3-9,12H,10-11,13H2,1-2H3,(H,21,24). The SMILES string of the molecule is COc1ccc(-c2noc(CC(=O)NCCc3cccc(C)c3)n2)cc1. The monoisotopic (exact) mass is 351 g/mol. The summed E-state index contributed by atoms with van der Waals surface area (Å²) in [6, 6.07) is 15.6. The van der Waals surface area contributed by atoms with Gasteiger partial charge in [-0.2, -0.15) is 4.98 Å². The van der Waals surface area contributed by atoms with Crippen molar-refractivity contribution in [3.63, 3.8) is 0 Å². The van der Waals surface area contributed by atoms with Gasteiger partial charge in [-0.05, 0) is 43.2 Å². The third-order valence-corrected chi connectivity index (χ3v) is 3.95. The zero-order chi connectivity index (χ0) is 18.4. The number of carbonyl (C=O) groups is 1. The molecule has 0 bridgehead atoms. The minimum atomic E-state index is -0.136. The fourth-order valence-corrected chi connectivity index (χ4v) is 2.60. The van der Waals surface area contributed by atoms with Crippen LogP contribution in [0.15, 0.2) is 53.1 Å². The highest BCUT2D eigenvalue weighted by Gasteiger charge is 2.12. The lowest BCUT2D eigenvalue weighted by Crippen LogP contribution is -2.27. The van der Waals surface area contributed by atoms with Gasteiger partial charge in [0.15, 0.2) is 0 Å². The quantitative estimate of drug-likeness (QED) is 0.708. The van der Waals surface area contributed by atoms with Crippen molar-refractivity contribution in [3.05, 3.63) is 65.5 Å². The van der Waals surface area contributed by atoms with E-state index >= 15 is 0 Å². The molecular formula is C20H21N3O3. The zero-order valence-electron chi connectivity index (χ0n) is 14.9. The Kier molecular flexibility index (Phi) is 5.63. The van der Waals surface area contributed by atoms with E-state index in [-0.39, 0.29) is 12.3 Å². The van der Waals surface area contributed by atoms with E-state index in [1.807, 2.05) is 30.3 Å². The second kappa shape index (κ2) is 8.29. The number of benzene rings is 2. The van der Waals surface area contributed by atoms with Crippen LogP contribution in [0.1, 0.15) is 17.0 Å². The summed E-state index contributed by atoms with van der Waals surface area (Å²) in [6.45, 7) is 2.62. The lowest BCUT2D eigenvalue weighted by Gasteiger charge is -2.04. The van der Waals surface area contributed by atoms with Crippen molar-refractivity contribution in [2.75, 3.05) is 13.7 Å². The Morgan fingerprint density at radius 1 is 1.19 bits per heavy atom. The van der Waals surface area contributed by atoms with E-state index in [1.54, 1.807) is 7.11 Å². The van der Waals surface area contributed by atoms with Crippen LogP contribution in [0.3, 0.4) is 0 Å². The first-order valence-corrected chi connectivity index (χ1v) is 8.43. The van der Waals surface area contributed by atoms with Crippen LogP contribution in [0, 0.1) is 6.92 Å². The number of hydrogen-bond donors (Lipinski definition) is 1. The topological polar surface area (TPSA) is 77.2 Å². The first-order valence-electron chi connectivity index (χ1n) is 8.43. The third-order valence-electron chi connectivity index (χ3n) is 3.95. The highest BCUT2D eigenvalue weighted by Crippen LogP contribution is 2.19. The maximum atomic E-state index is 12.0. The summed E-state index contributed by atoms with van der Waals surface area (Å²) in [4.78, 5) is 16.3. The molecule has 134 valence electrons. The van der Waals surface area contributed by atoms with E-state index in [4.69, 9.17) is 9.26 Å². The van der Waals surface area contributed by atoms with Crippen LogP contribution in [0.2, 0.25) is 0 Å². The van der Waals surface area contributed by atoms with Crippen LogP contribution in [-0.4, -0.2) is 29.7 Å². The molecule has 1 heterocycles. The fraction of sp³-hybridized carbons (Fsp3) is 0.250. The number of ether oxygens (including phenoxy) is 1. The van der Waals surface area contributed by atoms with Crippen LogP contribution in [0.25, 0.3) is 11.4 Å². The minimum Gasteiger partial charge on any atom is -0.497 e. The molecule has 26 heavy (non-hydrogen) atoms. The van der Waals surface area contributed by atoms with Gasteiger partial charge in [-0.1, -0.05) is 35.0 Å². The summed E-state index contributed by atoms with van der Waals surface area (Å²) in [7, 11) is 1.61. The third kappa shape index (κ3) is 4.69. The molecule has 1 N–H and O–H groups in total. The van der Waals surface area contributed by atoms with Gasteiger partial charge >= 0.3 is 0 Å². The number of aryl methyl sites for hydroxylation is 1. The largest absolute Gasteiger partial charge is 0.497 e. The average molecular weight is 351 g/mol. The summed E-state index contributed by atoms with van der Waals surface area (Å²) in [6.07, 6.45) is 0.853. The molecule has 3 rings (SSSR count). The van der Waals surface area contributed by atoms with E-state index in [9.17, 15) is 4.79 Å². The summed E-state index contributed by atoms with van der Waals surface area (Å²) in [5.41, 5.74) is 3.22. The van der Waals surface area contributed by atoms with E-state index in [1.165, 1.54) is 11.1 Å². The highest BCUT2D eigenvalue weighted by molar-refractivity contribution is 5.77. The Bertz CT molecular complexity index is 872. The van der Waals surface area contributed by atoms with E-state index in [0.717, 1.165) is 17.7 Å². The second-order valence-electron chi connectivity index (χ2n) is 6.01. The van der Waals surface area contributed by atoms with Crippen LogP contribution >= 0.6 is 0 Å². The molecule has 0 aliphatic heterocycles. The van der Waals surface area contributed by atoms with Gasteiger partial charge in [0.2, 0.25) is 17.6 Å². The van der Waals surface area contributed by atoms with Crippen molar-refractivity contribution >= 4 is 5.91 Å². The molecule has 0 spiro atoms. The molecule has 3 aromatic rings. The van der Waals surface area contributed by atoms with E-state index in [2.05, 4.69) is 40.6 Å². The van der Waals surface area contributed by atoms with Crippen LogP contribution in [-0.2, 0) is 17.6 Å². The molecule has 0 fully saturated rings. The fourth-order valence-electron chi connectivity index (χ4n) is 2.60. The van der Waals surface area contributed by atoms with Crippen LogP contribution in [0.4, 0.5) is 0 Å². The number of rotatable bonds is 7. The first-order chi connectivity index (χ1) is 12.6. The molecule has 0 atom stereocenters. The second-order valence-corrected chi connectivity index (χ2v) is 6.01. The maximum Gasteiger partial charge on any atom is 0.236 e. The van der Waals surface area contributed by atoms with Crippen molar-refractivity contribution in [2.45, 2.75) is 19.8 Å². The van der Waals surface area contributed by atoms with Gasteiger partial charge in [-0.25, -0.2) is 0 Å². The zero-order valence-corrected chi connectivity index (χ0v) is 14.9. The van der Waals surface area contributed by atoms with Crippen molar-refractivity contribution in [1.82, 2.24) is 15.5 Å². The molecule has 0 aliphatic rings. The van der Waals surface area contributed by atoms with Crippen molar-refractivity contribution < 1.29 is 14.1 Å². The Labute approximate surface area is 152 Å². The molecule has 1 aromatic heterocycles. The summed E-state index contributed by atoms with van der Waals surface area (Å²) in [5, 5.41) is 6.81. The van der Waals surface area contributed by atoms with Crippen molar-refractivity contribution in [3.8, 4) is 17.1 Å². The average Bonchev–Trinajstić information content (AvgIpc) is 3.10. The smallest absolute Gasteiger partial charge is 0.236 e. The molecule has 6 nitrogen and oxygen atoms in total. The predicted octanol–water partition coefficient (Wildman–Crippen LogP) is 2.96. The molecule has 0 saturated carbocycles. The molecule has 6 heteroatoms. The molecular weight excluding hydrogens is 330 g/mol. The van der Waals surface area contributed by atoms with E-state index in [0.29, 0.717) is 18.3 Å². The van der Waals surface area contributed by atoms with Gasteiger partial charge in [0.1, 0.15) is 12.2 Å². The van der Waals surface area contributed by atoms with Gasteiger partial charge < -0.3 is 14.6 Å². The highest BCUT2D eigenvalue weighted by atomic mass is 16.5. The normalized spacial score (nSPS) is 10.5. The number of nitrogens with zero attached hydrogens (tertiary/aromatic N) is 2. The maximum absolute atomic E-state index is 12.0. The van der Waals surface area contributed by atoms with Gasteiger partial charge in [0, 0.05) is 12.1 Å². The summed E-state index contributed by atoms with van der Waals surface area (Å²) >= 11 is 0. The summed E-state index contributed by atoms with van der Waals surface area (Å²) in [5.74, 6) is 1.37. The van der Waals surface area contributed by atoms with Crippen molar-refractivity contribution in [2.24, 2.45) is 0 Å². The van der Waals surface area contributed by atoms with Gasteiger partial charge in [0.05, 0.1) is 7.11 Å². The predicted molar refractivity (Wildman–Crippen MR) is 97.9 cm³/mol. The molecule has 0 radical (unpaired) electrons. The Morgan fingerprint density at radius 3 is 2.73 bits per heavy atom. The number of amides is 1. The number of nitrogens with one attached hydrogen (secondary N) is 1. The molecule has 0 saturated heterocycles. The first kappa shape index (κ1) is 17.7. The Morgan fingerprint density at radius 2 is 2.00 bits per heavy atom. The van der Waals surface area contributed by atoms with Crippen molar-refractivity contribution in [1.29, 1.82) is 0 Å². The molecule has 2 aromatic carbocycles. The Balaban J connectivity index is 1.50. The van der Waals surface area contributed by atoms with E-state index < -0.39 is 0 Å². The number of hydrogen-bond acceptors (Lipinski definition) is 5. The number of aromatic nitrogens is 2. The van der Waals surface area contributed by atoms with Gasteiger partial charge in [-0.15, -0.1) is 0 Å². The van der Waals surface area contributed by atoms with Gasteiger partial charge in [-0.3, -0.25) is 4.79 Å². The lowest BCUT2D eigenvalue weighted by atomic mass is 10.1.